The summed E-state index contributed by atoms with van der Waals surface area (Å²) in [5.41, 5.74) is 4.63. The third kappa shape index (κ3) is 3.39. The number of fused-ring (bicyclic) bond motifs is 1. The summed E-state index contributed by atoms with van der Waals surface area (Å²) in [6, 6.07) is 9.23. The molecule has 0 unspecified atom stereocenters. The monoisotopic (exact) mass is 402 g/mol. The van der Waals surface area contributed by atoms with Crippen molar-refractivity contribution in [3.8, 4) is 11.1 Å². The molecule has 0 aliphatic rings. The smallest absolute Gasteiger partial charge is 0.277 e. The summed E-state index contributed by atoms with van der Waals surface area (Å²) < 4.78 is 6.97. The molecule has 152 valence electrons. The van der Waals surface area contributed by atoms with Gasteiger partial charge in [-0.3, -0.25) is 14.6 Å². The lowest BCUT2D eigenvalue weighted by molar-refractivity contribution is 0.102. The molecule has 7 heteroatoms. The highest BCUT2D eigenvalue weighted by Gasteiger charge is 2.17. The normalized spacial score (nSPS) is 11.1. The number of nitrogens with zero attached hydrogens (tertiary/aromatic N) is 3. The van der Waals surface area contributed by atoms with Gasteiger partial charge < -0.3 is 14.3 Å². The summed E-state index contributed by atoms with van der Waals surface area (Å²) in [6.45, 7) is 7.22. The molecule has 0 radical (unpaired) electrons. The zero-order valence-corrected chi connectivity index (χ0v) is 17.5. The molecule has 0 fully saturated rings. The van der Waals surface area contributed by atoms with Gasteiger partial charge >= 0.3 is 0 Å². The SMILES string of the molecule is Cc1cc2c(cn1)cc(-c1cc(NC(=O)c3nc(C)oc3C)ccc1C)c(=O)n2C. The highest BCUT2D eigenvalue weighted by molar-refractivity contribution is 6.04. The average molecular weight is 402 g/mol. The molecule has 1 amide bonds. The molecule has 0 saturated heterocycles. The van der Waals surface area contributed by atoms with E-state index in [2.05, 4.69) is 15.3 Å². The van der Waals surface area contributed by atoms with Gasteiger partial charge in [0.05, 0.1) is 5.52 Å². The molecule has 1 N–H and O–H groups in total. The Kier molecular flexibility index (Phi) is 4.73. The van der Waals surface area contributed by atoms with Crippen LogP contribution in [0.5, 0.6) is 0 Å². The summed E-state index contributed by atoms with van der Waals surface area (Å²) in [6.07, 6.45) is 1.77. The number of aryl methyl sites for hydroxylation is 5. The van der Waals surface area contributed by atoms with E-state index in [1.54, 1.807) is 43.8 Å². The van der Waals surface area contributed by atoms with Crippen molar-refractivity contribution < 1.29 is 9.21 Å². The molecule has 3 aromatic heterocycles. The van der Waals surface area contributed by atoms with Crippen molar-refractivity contribution in [1.29, 1.82) is 0 Å². The molecule has 0 spiro atoms. The van der Waals surface area contributed by atoms with Gasteiger partial charge in [0.2, 0.25) is 0 Å². The minimum absolute atomic E-state index is 0.109. The van der Waals surface area contributed by atoms with E-state index >= 15 is 0 Å². The van der Waals surface area contributed by atoms with Crippen molar-refractivity contribution in [1.82, 2.24) is 14.5 Å². The van der Waals surface area contributed by atoms with Crippen LogP contribution in [0, 0.1) is 27.7 Å². The van der Waals surface area contributed by atoms with Crippen LogP contribution in [0.25, 0.3) is 22.0 Å². The second-order valence-corrected chi connectivity index (χ2v) is 7.43. The number of nitrogens with one attached hydrogen (secondary N) is 1. The number of hydrogen-bond donors (Lipinski definition) is 1. The lowest BCUT2D eigenvalue weighted by Gasteiger charge is -2.13. The first-order chi connectivity index (χ1) is 14.2. The van der Waals surface area contributed by atoms with Gasteiger partial charge in [0.15, 0.2) is 11.6 Å². The fraction of sp³-hybridized carbons (Fsp3) is 0.217. The lowest BCUT2D eigenvalue weighted by Crippen LogP contribution is -2.19. The van der Waals surface area contributed by atoms with Gasteiger partial charge in [0, 0.05) is 42.5 Å². The third-order valence-corrected chi connectivity index (χ3v) is 5.15. The summed E-state index contributed by atoms with van der Waals surface area (Å²) in [5.74, 6) is 0.541. The molecule has 4 aromatic rings. The third-order valence-electron chi connectivity index (χ3n) is 5.15. The van der Waals surface area contributed by atoms with Gasteiger partial charge in [0.25, 0.3) is 11.5 Å². The first-order valence-electron chi connectivity index (χ1n) is 9.57. The highest BCUT2D eigenvalue weighted by Crippen LogP contribution is 2.27. The fourth-order valence-electron chi connectivity index (χ4n) is 3.58. The van der Waals surface area contributed by atoms with Crippen LogP contribution in [0.3, 0.4) is 0 Å². The Morgan fingerprint density at radius 2 is 1.83 bits per heavy atom. The van der Waals surface area contributed by atoms with Crippen LogP contribution in [-0.4, -0.2) is 20.4 Å². The largest absolute Gasteiger partial charge is 0.445 e. The predicted octanol–water partition coefficient (Wildman–Crippen LogP) is 4.07. The van der Waals surface area contributed by atoms with E-state index in [-0.39, 0.29) is 17.2 Å². The molecular weight excluding hydrogens is 380 g/mol. The number of anilines is 1. The van der Waals surface area contributed by atoms with E-state index in [1.165, 1.54) is 0 Å². The van der Waals surface area contributed by atoms with Crippen molar-refractivity contribution in [3.63, 3.8) is 0 Å². The number of amides is 1. The molecule has 30 heavy (non-hydrogen) atoms. The molecule has 0 saturated carbocycles. The average Bonchev–Trinajstić information content (AvgIpc) is 3.05. The standard InChI is InChI=1S/C23H22N4O3/c1-12-6-7-17(26-22(28)21-14(3)30-15(4)25-21)10-18(12)19-9-16-11-24-13(2)8-20(16)27(5)23(19)29/h6-11H,1-5H3,(H,26,28). The molecule has 0 aliphatic heterocycles. The number of oxazole rings is 1. The van der Waals surface area contributed by atoms with Gasteiger partial charge in [-0.2, -0.15) is 0 Å². The van der Waals surface area contributed by atoms with Crippen LogP contribution in [0.2, 0.25) is 0 Å². The van der Waals surface area contributed by atoms with E-state index in [4.69, 9.17) is 4.42 Å². The maximum atomic E-state index is 13.1. The van der Waals surface area contributed by atoms with Gasteiger partial charge in [-0.15, -0.1) is 0 Å². The van der Waals surface area contributed by atoms with E-state index in [1.807, 2.05) is 32.0 Å². The van der Waals surface area contributed by atoms with Crippen LogP contribution in [0.1, 0.15) is 33.4 Å². The number of benzene rings is 1. The second-order valence-electron chi connectivity index (χ2n) is 7.43. The molecule has 0 atom stereocenters. The Hall–Kier alpha value is -3.74. The maximum Gasteiger partial charge on any atom is 0.277 e. The van der Waals surface area contributed by atoms with Crippen molar-refractivity contribution in [2.24, 2.45) is 7.05 Å². The Morgan fingerprint density at radius 3 is 2.53 bits per heavy atom. The zero-order chi connectivity index (χ0) is 21.6. The summed E-state index contributed by atoms with van der Waals surface area (Å²) >= 11 is 0. The molecular formula is C23H22N4O3. The Balaban J connectivity index is 1.78. The van der Waals surface area contributed by atoms with Crippen molar-refractivity contribution in [2.45, 2.75) is 27.7 Å². The van der Waals surface area contributed by atoms with Crippen molar-refractivity contribution >= 4 is 22.5 Å². The summed E-state index contributed by atoms with van der Waals surface area (Å²) in [4.78, 5) is 34.2. The lowest BCUT2D eigenvalue weighted by atomic mass is 9.99. The van der Waals surface area contributed by atoms with Crippen LogP contribution in [-0.2, 0) is 7.05 Å². The van der Waals surface area contributed by atoms with Crippen LogP contribution in [0.4, 0.5) is 5.69 Å². The minimum atomic E-state index is -0.356. The van der Waals surface area contributed by atoms with Gasteiger partial charge in [0.1, 0.15) is 5.76 Å². The van der Waals surface area contributed by atoms with Crippen molar-refractivity contribution in [2.75, 3.05) is 5.32 Å². The second kappa shape index (κ2) is 7.26. The van der Waals surface area contributed by atoms with E-state index < -0.39 is 0 Å². The molecule has 7 nitrogen and oxygen atoms in total. The van der Waals surface area contributed by atoms with Gasteiger partial charge in [-0.1, -0.05) is 6.07 Å². The highest BCUT2D eigenvalue weighted by atomic mass is 16.4. The van der Waals surface area contributed by atoms with E-state index in [0.717, 1.165) is 27.7 Å². The van der Waals surface area contributed by atoms with E-state index in [0.29, 0.717) is 22.9 Å². The summed E-state index contributed by atoms with van der Waals surface area (Å²) in [7, 11) is 1.75. The number of carbonyl (C=O) groups is 1. The molecule has 0 bridgehead atoms. The van der Waals surface area contributed by atoms with Crippen molar-refractivity contribution in [3.05, 3.63) is 75.5 Å². The fourth-order valence-corrected chi connectivity index (χ4v) is 3.58. The quantitative estimate of drug-likeness (QED) is 0.558. The summed E-state index contributed by atoms with van der Waals surface area (Å²) in [5, 5.41) is 3.72. The van der Waals surface area contributed by atoms with Gasteiger partial charge in [-0.05, 0) is 56.2 Å². The van der Waals surface area contributed by atoms with Crippen LogP contribution >= 0.6 is 0 Å². The maximum absolute atomic E-state index is 13.1. The molecule has 3 heterocycles. The Morgan fingerprint density at radius 1 is 1.07 bits per heavy atom. The van der Waals surface area contributed by atoms with E-state index in [9.17, 15) is 9.59 Å². The number of aromatic nitrogens is 3. The number of rotatable bonds is 3. The van der Waals surface area contributed by atoms with Crippen LogP contribution < -0.4 is 10.9 Å². The first-order valence-corrected chi connectivity index (χ1v) is 9.57. The first kappa shape index (κ1) is 19.6. The topological polar surface area (TPSA) is 90.0 Å². The Bertz CT molecular complexity index is 1370. The van der Waals surface area contributed by atoms with Crippen LogP contribution in [0.15, 0.2) is 45.7 Å². The number of pyridine rings is 2. The Labute approximate surface area is 173 Å². The number of carbonyl (C=O) groups excluding carboxylic acids is 1. The molecule has 1 aromatic carbocycles. The minimum Gasteiger partial charge on any atom is -0.445 e. The van der Waals surface area contributed by atoms with Gasteiger partial charge in [-0.25, -0.2) is 4.98 Å². The zero-order valence-electron chi connectivity index (χ0n) is 17.5. The number of hydrogen-bond acceptors (Lipinski definition) is 5. The predicted molar refractivity (Wildman–Crippen MR) is 116 cm³/mol. The molecule has 0 aliphatic carbocycles. The molecule has 4 rings (SSSR count).